The lowest BCUT2D eigenvalue weighted by Crippen LogP contribution is -2.32. The Balaban J connectivity index is 1.37. The van der Waals surface area contributed by atoms with E-state index >= 15 is 0 Å². The molecule has 1 aromatic carbocycles. The quantitative estimate of drug-likeness (QED) is 0.910. The Labute approximate surface area is 141 Å². The molecule has 2 aliphatic rings. The fraction of sp³-hybridized carbons (Fsp3) is 0.500. The predicted molar refractivity (Wildman–Crippen MR) is 91.1 cm³/mol. The van der Waals surface area contributed by atoms with Gasteiger partial charge in [0.15, 0.2) is 5.69 Å². The van der Waals surface area contributed by atoms with Crippen LogP contribution in [0.25, 0.3) is 5.69 Å². The van der Waals surface area contributed by atoms with Gasteiger partial charge in [0.1, 0.15) is 0 Å². The Morgan fingerprint density at radius 1 is 1.25 bits per heavy atom. The van der Waals surface area contributed by atoms with Crippen molar-refractivity contribution in [1.29, 1.82) is 0 Å². The van der Waals surface area contributed by atoms with Gasteiger partial charge < -0.3 is 10.2 Å². The highest BCUT2D eigenvalue weighted by Gasteiger charge is 2.34. The lowest BCUT2D eigenvalue weighted by Gasteiger charge is -2.14. The highest BCUT2D eigenvalue weighted by atomic mass is 16.2. The first kappa shape index (κ1) is 15.3. The summed E-state index contributed by atoms with van der Waals surface area (Å²) >= 11 is 0. The maximum atomic E-state index is 12.5. The second-order valence-electron chi connectivity index (χ2n) is 6.86. The zero-order chi connectivity index (χ0) is 16.5. The molecule has 2 heterocycles. The summed E-state index contributed by atoms with van der Waals surface area (Å²) < 4.78 is 1.71. The van der Waals surface area contributed by atoms with E-state index in [0.717, 1.165) is 30.5 Å². The lowest BCUT2D eigenvalue weighted by atomic mass is 10.1. The van der Waals surface area contributed by atoms with Crippen LogP contribution >= 0.6 is 0 Å². The third-order valence-corrected chi connectivity index (χ3v) is 5.04. The van der Waals surface area contributed by atoms with Crippen molar-refractivity contribution < 1.29 is 4.79 Å². The van der Waals surface area contributed by atoms with Crippen LogP contribution in [0, 0.1) is 12.8 Å². The molecule has 24 heavy (non-hydrogen) atoms. The molecule has 2 aromatic rings. The highest BCUT2D eigenvalue weighted by molar-refractivity contribution is 5.93. The first-order valence-electron chi connectivity index (χ1n) is 8.72. The van der Waals surface area contributed by atoms with E-state index in [1.165, 1.54) is 25.8 Å². The van der Waals surface area contributed by atoms with E-state index in [9.17, 15) is 4.79 Å². The summed E-state index contributed by atoms with van der Waals surface area (Å²) in [5.74, 6) is 0.429. The zero-order valence-electron chi connectivity index (χ0n) is 14.0. The van der Waals surface area contributed by atoms with E-state index < -0.39 is 0 Å². The topological polar surface area (TPSA) is 63.1 Å². The van der Waals surface area contributed by atoms with E-state index in [-0.39, 0.29) is 5.91 Å². The minimum atomic E-state index is -0.125. The second-order valence-corrected chi connectivity index (χ2v) is 6.86. The maximum Gasteiger partial charge on any atom is 0.273 e. The van der Waals surface area contributed by atoms with Crippen LogP contribution in [0.2, 0.25) is 0 Å². The highest BCUT2D eigenvalue weighted by Crippen LogP contribution is 2.31. The summed E-state index contributed by atoms with van der Waals surface area (Å²) in [6, 6.07) is 10.6. The number of hydrogen-bond acceptors (Lipinski definition) is 4. The van der Waals surface area contributed by atoms with Crippen molar-refractivity contribution in [2.45, 2.75) is 32.2 Å². The summed E-state index contributed by atoms with van der Waals surface area (Å²) in [7, 11) is 0. The van der Waals surface area contributed by atoms with Gasteiger partial charge in [-0.1, -0.05) is 23.4 Å². The SMILES string of the molecule is Cc1c(C(=O)NCC2CCN(C3CC3)C2)nnn1-c1ccccc1. The minimum Gasteiger partial charge on any atom is -0.350 e. The number of aromatic nitrogens is 3. The Kier molecular flexibility index (Phi) is 4.06. The average molecular weight is 325 g/mol. The Bertz CT molecular complexity index is 722. The van der Waals surface area contributed by atoms with Crippen molar-refractivity contribution in [2.24, 2.45) is 5.92 Å². The van der Waals surface area contributed by atoms with E-state index in [4.69, 9.17) is 0 Å². The number of para-hydroxylation sites is 1. The predicted octanol–water partition coefficient (Wildman–Crippen LogP) is 1.79. The Morgan fingerprint density at radius 3 is 2.79 bits per heavy atom. The van der Waals surface area contributed by atoms with Gasteiger partial charge in [-0.15, -0.1) is 5.10 Å². The van der Waals surface area contributed by atoms with Gasteiger partial charge in [0.05, 0.1) is 11.4 Å². The van der Waals surface area contributed by atoms with Crippen LogP contribution < -0.4 is 5.32 Å². The molecule has 1 saturated carbocycles. The summed E-state index contributed by atoms with van der Waals surface area (Å²) in [6.07, 6.45) is 3.87. The largest absolute Gasteiger partial charge is 0.350 e. The number of nitrogens with one attached hydrogen (secondary N) is 1. The third kappa shape index (κ3) is 3.06. The lowest BCUT2D eigenvalue weighted by molar-refractivity contribution is 0.0941. The zero-order valence-corrected chi connectivity index (χ0v) is 14.0. The molecule has 1 atom stereocenters. The van der Waals surface area contributed by atoms with Gasteiger partial charge in [-0.05, 0) is 50.8 Å². The van der Waals surface area contributed by atoms with Crippen molar-refractivity contribution in [2.75, 3.05) is 19.6 Å². The molecule has 1 aromatic heterocycles. The van der Waals surface area contributed by atoms with Crippen LogP contribution in [0.5, 0.6) is 0 Å². The molecule has 1 N–H and O–H groups in total. The summed E-state index contributed by atoms with van der Waals surface area (Å²) in [5.41, 5.74) is 2.10. The van der Waals surface area contributed by atoms with Crippen molar-refractivity contribution >= 4 is 5.91 Å². The second kappa shape index (κ2) is 6.36. The normalized spacial score (nSPS) is 21.1. The average Bonchev–Trinajstić information content (AvgIpc) is 3.22. The molecule has 0 radical (unpaired) electrons. The molecule has 1 amide bonds. The molecule has 1 aliphatic carbocycles. The van der Waals surface area contributed by atoms with Gasteiger partial charge in [-0.3, -0.25) is 4.79 Å². The first-order valence-corrected chi connectivity index (χ1v) is 8.72. The molecule has 6 heteroatoms. The van der Waals surface area contributed by atoms with Crippen LogP contribution in [0.3, 0.4) is 0 Å². The van der Waals surface area contributed by atoms with E-state index in [0.29, 0.717) is 11.6 Å². The molecule has 1 unspecified atom stereocenters. The maximum absolute atomic E-state index is 12.5. The molecule has 1 aliphatic heterocycles. The van der Waals surface area contributed by atoms with Crippen LogP contribution in [0.1, 0.15) is 35.4 Å². The van der Waals surface area contributed by atoms with Gasteiger partial charge in [-0.25, -0.2) is 4.68 Å². The first-order chi connectivity index (χ1) is 11.7. The smallest absolute Gasteiger partial charge is 0.273 e. The summed E-state index contributed by atoms with van der Waals surface area (Å²) in [6.45, 7) is 4.89. The Hall–Kier alpha value is -2.21. The van der Waals surface area contributed by atoms with Gasteiger partial charge in [0, 0.05) is 19.1 Å². The van der Waals surface area contributed by atoms with Gasteiger partial charge >= 0.3 is 0 Å². The molecule has 2 fully saturated rings. The van der Waals surface area contributed by atoms with E-state index in [1.54, 1.807) is 4.68 Å². The molecular formula is C18H23N5O. The number of hydrogen-bond donors (Lipinski definition) is 1. The van der Waals surface area contributed by atoms with Crippen LogP contribution in [-0.2, 0) is 0 Å². The third-order valence-electron chi connectivity index (χ3n) is 5.04. The molecule has 0 spiro atoms. The van der Waals surface area contributed by atoms with Crippen molar-refractivity contribution in [3.05, 3.63) is 41.7 Å². The number of likely N-dealkylation sites (tertiary alicyclic amines) is 1. The van der Waals surface area contributed by atoms with Gasteiger partial charge in [0.2, 0.25) is 0 Å². The number of nitrogens with zero attached hydrogens (tertiary/aromatic N) is 4. The number of carbonyl (C=O) groups excluding carboxylic acids is 1. The van der Waals surface area contributed by atoms with Crippen molar-refractivity contribution in [3.63, 3.8) is 0 Å². The monoisotopic (exact) mass is 325 g/mol. The molecule has 126 valence electrons. The minimum absolute atomic E-state index is 0.125. The molecular weight excluding hydrogens is 302 g/mol. The molecule has 6 nitrogen and oxygen atoms in total. The molecule has 1 saturated heterocycles. The Morgan fingerprint density at radius 2 is 2.04 bits per heavy atom. The fourth-order valence-electron chi connectivity index (χ4n) is 3.47. The fourth-order valence-corrected chi connectivity index (χ4v) is 3.47. The number of carbonyl (C=O) groups is 1. The van der Waals surface area contributed by atoms with E-state index in [2.05, 4.69) is 20.5 Å². The van der Waals surface area contributed by atoms with Crippen molar-refractivity contribution in [3.8, 4) is 5.69 Å². The van der Waals surface area contributed by atoms with Gasteiger partial charge in [0.25, 0.3) is 5.91 Å². The van der Waals surface area contributed by atoms with E-state index in [1.807, 2.05) is 37.3 Å². The van der Waals surface area contributed by atoms with Crippen LogP contribution in [0.15, 0.2) is 30.3 Å². The summed E-state index contributed by atoms with van der Waals surface area (Å²) in [4.78, 5) is 15.0. The molecule has 0 bridgehead atoms. The summed E-state index contributed by atoms with van der Waals surface area (Å²) in [5, 5.41) is 11.3. The number of benzene rings is 1. The van der Waals surface area contributed by atoms with Crippen LogP contribution in [-0.4, -0.2) is 51.5 Å². The van der Waals surface area contributed by atoms with Crippen molar-refractivity contribution in [1.82, 2.24) is 25.2 Å². The van der Waals surface area contributed by atoms with Crippen LogP contribution in [0.4, 0.5) is 0 Å². The molecule has 4 rings (SSSR count). The standard InChI is InChI=1S/C18H23N5O/c1-13-17(20-21-23(13)16-5-3-2-4-6-16)18(24)19-11-14-9-10-22(12-14)15-7-8-15/h2-6,14-15H,7-12H2,1H3,(H,19,24). The number of rotatable bonds is 5. The van der Waals surface area contributed by atoms with Gasteiger partial charge in [-0.2, -0.15) is 0 Å². The number of amides is 1.